The number of pyridine rings is 1. The third-order valence-corrected chi connectivity index (χ3v) is 2.42. The number of fused-ring (bicyclic) bond motifs is 1. The number of benzene rings is 1. The van der Waals surface area contributed by atoms with Gasteiger partial charge in [-0.05, 0) is 12.1 Å². The van der Waals surface area contributed by atoms with Crippen molar-refractivity contribution in [2.75, 3.05) is 13.2 Å². The van der Waals surface area contributed by atoms with Crippen molar-refractivity contribution in [2.24, 2.45) is 0 Å². The van der Waals surface area contributed by atoms with Crippen LogP contribution in [0.4, 0.5) is 0 Å². The van der Waals surface area contributed by atoms with E-state index in [4.69, 9.17) is 21.4 Å². The van der Waals surface area contributed by atoms with Gasteiger partial charge in [0.05, 0.1) is 17.7 Å². The number of aromatic nitrogens is 1. The molecule has 0 radical (unpaired) electrons. The van der Waals surface area contributed by atoms with E-state index in [-0.39, 0.29) is 18.4 Å². The number of aliphatic hydroxyl groups excluding tert-OH is 1. The van der Waals surface area contributed by atoms with Crippen LogP contribution < -0.4 is 0 Å². The number of para-hydroxylation sites is 1. The Kier molecular flexibility index (Phi) is 3.56. The molecule has 1 aromatic heterocycles. The monoisotopic (exact) mass is 251 g/mol. The molecule has 0 saturated heterocycles. The number of aliphatic hydroxyl groups is 1. The Balaban J connectivity index is 2.48. The van der Waals surface area contributed by atoms with E-state index in [9.17, 15) is 4.79 Å². The predicted molar refractivity (Wildman–Crippen MR) is 64.1 cm³/mol. The van der Waals surface area contributed by atoms with Crippen LogP contribution in [0.15, 0.2) is 30.3 Å². The Bertz CT molecular complexity index is 556. The highest BCUT2D eigenvalue weighted by Gasteiger charge is 2.13. The van der Waals surface area contributed by atoms with Gasteiger partial charge in [0.1, 0.15) is 11.8 Å². The van der Waals surface area contributed by atoms with Gasteiger partial charge in [0.25, 0.3) is 0 Å². The summed E-state index contributed by atoms with van der Waals surface area (Å²) in [4.78, 5) is 15.9. The van der Waals surface area contributed by atoms with Crippen molar-refractivity contribution >= 4 is 28.5 Å². The van der Waals surface area contributed by atoms with Crippen LogP contribution in [-0.2, 0) is 4.74 Å². The first kappa shape index (κ1) is 11.8. The van der Waals surface area contributed by atoms with E-state index in [0.717, 1.165) is 0 Å². The van der Waals surface area contributed by atoms with Crippen LogP contribution in [-0.4, -0.2) is 29.3 Å². The largest absolute Gasteiger partial charge is 0.460 e. The minimum atomic E-state index is -0.514. The Morgan fingerprint density at radius 1 is 1.41 bits per heavy atom. The number of esters is 1. The fraction of sp³-hybridized carbons (Fsp3) is 0.167. The smallest absolute Gasteiger partial charge is 0.339 e. The van der Waals surface area contributed by atoms with Crippen molar-refractivity contribution in [1.29, 1.82) is 0 Å². The summed E-state index contributed by atoms with van der Waals surface area (Å²) < 4.78 is 4.86. The number of ether oxygens (including phenoxy) is 1. The zero-order chi connectivity index (χ0) is 12.3. The number of nitrogens with zero attached hydrogens (tertiary/aromatic N) is 1. The summed E-state index contributed by atoms with van der Waals surface area (Å²) in [7, 11) is 0. The quantitative estimate of drug-likeness (QED) is 0.670. The molecule has 0 aliphatic heterocycles. The molecule has 1 aromatic carbocycles. The van der Waals surface area contributed by atoms with Gasteiger partial charge in [0.2, 0.25) is 0 Å². The minimum absolute atomic E-state index is 0.0346. The molecule has 88 valence electrons. The summed E-state index contributed by atoms with van der Waals surface area (Å²) >= 11 is 5.83. The zero-order valence-corrected chi connectivity index (χ0v) is 9.65. The molecule has 4 nitrogen and oxygen atoms in total. The van der Waals surface area contributed by atoms with Gasteiger partial charge in [-0.25, -0.2) is 9.78 Å². The molecule has 0 fully saturated rings. The van der Waals surface area contributed by atoms with Gasteiger partial charge in [-0.1, -0.05) is 29.8 Å². The molecular formula is C12H10ClNO3. The lowest BCUT2D eigenvalue weighted by atomic mass is 10.1. The maximum Gasteiger partial charge on any atom is 0.339 e. The van der Waals surface area contributed by atoms with Gasteiger partial charge < -0.3 is 9.84 Å². The molecule has 2 rings (SSSR count). The Labute approximate surface area is 103 Å². The fourth-order valence-electron chi connectivity index (χ4n) is 1.53. The number of hydrogen-bond acceptors (Lipinski definition) is 4. The lowest BCUT2D eigenvalue weighted by Crippen LogP contribution is -2.09. The average molecular weight is 252 g/mol. The Morgan fingerprint density at radius 2 is 2.18 bits per heavy atom. The van der Waals surface area contributed by atoms with Gasteiger partial charge in [-0.2, -0.15) is 0 Å². The average Bonchev–Trinajstić information content (AvgIpc) is 2.34. The van der Waals surface area contributed by atoms with Gasteiger partial charge in [0.15, 0.2) is 0 Å². The molecule has 0 spiro atoms. The van der Waals surface area contributed by atoms with Crippen LogP contribution in [0.5, 0.6) is 0 Å². The van der Waals surface area contributed by atoms with Gasteiger partial charge >= 0.3 is 5.97 Å². The highest BCUT2D eigenvalue weighted by molar-refractivity contribution is 6.30. The molecule has 1 heterocycles. The molecule has 0 aliphatic rings. The molecule has 0 atom stereocenters. The fourth-order valence-corrected chi connectivity index (χ4v) is 1.73. The Hall–Kier alpha value is -1.65. The first-order valence-electron chi connectivity index (χ1n) is 5.05. The number of hydrogen-bond donors (Lipinski definition) is 1. The lowest BCUT2D eigenvalue weighted by molar-refractivity contribution is 0.0436. The summed E-state index contributed by atoms with van der Waals surface area (Å²) in [6, 6.07) is 8.62. The van der Waals surface area contributed by atoms with Crippen LogP contribution in [0.1, 0.15) is 10.4 Å². The standard InChI is InChI=1S/C12H10ClNO3/c13-11-7-9(12(16)17-6-5-15)8-3-1-2-4-10(8)14-11/h1-4,7,15H,5-6H2. The van der Waals surface area contributed by atoms with Crippen LogP contribution in [0, 0.1) is 0 Å². The topological polar surface area (TPSA) is 59.4 Å². The number of rotatable bonds is 3. The molecular weight excluding hydrogens is 242 g/mol. The van der Waals surface area contributed by atoms with Crippen LogP contribution >= 0.6 is 11.6 Å². The zero-order valence-electron chi connectivity index (χ0n) is 8.89. The molecule has 0 amide bonds. The van der Waals surface area contributed by atoms with Crippen molar-refractivity contribution in [1.82, 2.24) is 4.98 Å². The van der Waals surface area contributed by atoms with Gasteiger partial charge in [0, 0.05) is 5.39 Å². The van der Waals surface area contributed by atoms with E-state index in [1.165, 1.54) is 6.07 Å². The van der Waals surface area contributed by atoms with E-state index in [2.05, 4.69) is 4.98 Å². The normalized spacial score (nSPS) is 10.5. The summed E-state index contributed by atoms with van der Waals surface area (Å²) in [5.41, 5.74) is 0.991. The summed E-state index contributed by atoms with van der Waals surface area (Å²) in [5.74, 6) is -0.514. The molecule has 17 heavy (non-hydrogen) atoms. The van der Waals surface area contributed by atoms with Crippen molar-refractivity contribution in [3.05, 3.63) is 41.0 Å². The highest BCUT2D eigenvalue weighted by atomic mass is 35.5. The third-order valence-electron chi connectivity index (χ3n) is 2.23. The highest BCUT2D eigenvalue weighted by Crippen LogP contribution is 2.21. The van der Waals surface area contributed by atoms with Crippen molar-refractivity contribution in [3.63, 3.8) is 0 Å². The van der Waals surface area contributed by atoms with Crippen LogP contribution in [0.25, 0.3) is 10.9 Å². The van der Waals surface area contributed by atoms with Gasteiger partial charge in [-0.15, -0.1) is 0 Å². The second kappa shape index (κ2) is 5.12. The molecule has 0 unspecified atom stereocenters. The molecule has 2 aromatic rings. The molecule has 5 heteroatoms. The van der Waals surface area contributed by atoms with Crippen LogP contribution in [0.2, 0.25) is 5.15 Å². The van der Waals surface area contributed by atoms with E-state index in [1.807, 2.05) is 6.07 Å². The number of carbonyl (C=O) groups excluding carboxylic acids is 1. The van der Waals surface area contributed by atoms with E-state index in [1.54, 1.807) is 18.2 Å². The lowest BCUT2D eigenvalue weighted by Gasteiger charge is -2.06. The first-order valence-corrected chi connectivity index (χ1v) is 5.43. The van der Waals surface area contributed by atoms with Gasteiger partial charge in [-0.3, -0.25) is 0 Å². The van der Waals surface area contributed by atoms with Crippen molar-refractivity contribution in [3.8, 4) is 0 Å². The molecule has 0 aliphatic carbocycles. The van der Waals surface area contributed by atoms with E-state index in [0.29, 0.717) is 16.5 Å². The minimum Gasteiger partial charge on any atom is -0.460 e. The predicted octanol–water partition coefficient (Wildman–Crippen LogP) is 2.04. The summed E-state index contributed by atoms with van der Waals surface area (Å²) in [6.07, 6.45) is 0. The molecule has 0 bridgehead atoms. The third kappa shape index (κ3) is 2.54. The number of halogens is 1. The van der Waals surface area contributed by atoms with Crippen molar-refractivity contribution < 1.29 is 14.6 Å². The first-order chi connectivity index (χ1) is 8.22. The molecule has 0 saturated carbocycles. The summed E-state index contributed by atoms with van der Waals surface area (Å²) in [5, 5.41) is 9.53. The number of carbonyl (C=O) groups is 1. The Morgan fingerprint density at radius 3 is 2.94 bits per heavy atom. The molecule has 1 N–H and O–H groups in total. The van der Waals surface area contributed by atoms with E-state index < -0.39 is 5.97 Å². The SMILES string of the molecule is O=C(OCCO)c1cc(Cl)nc2ccccc12. The van der Waals surface area contributed by atoms with E-state index >= 15 is 0 Å². The summed E-state index contributed by atoms with van der Waals surface area (Å²) in [6.45, 7) is -0.240. The van der Waals surface area contributed by atoms with Crippen LogP contribution in [0.3, 0.4) is 0 Å². The second-order valence-corrected chi connectivity index (χ2v) is 3.76. The van der Waals surface area contributed by atoms with Crippen molar-refractivity contribution in [2.45, 2.75) is 0 Å². The maximum atomic E-state index is 11.8. The second-order valence-electron chi connectivity index (χ2n) is 3.37. The maximum absolute atomic E-state index is 11.8.